The molecule has 6 heteroatoms. The molecule has 114 valence electrons. The highest BCUT2D eigenvalue weighted by atomic mass is 35.5. The van der Waals surface area contributed by atoms with E-state index in [-0.39, 0.29) is 18.9 Å². The van der Waals surface area contributed by atoms with Crippen LogP contribution in [0.4, 0.5) is 5.69 Å². The van der Waals surface area contributed by atoms with Gasteiger partial charge in [-0.2, -0.15) is 0 Å². The van der Waals surface area contributed by atoms with Gasteiger partial charge < -0.3 is 15.2 Å². The van der Waals surface area contributed by atoms with Crippen LogP contribution >= 0.6 is 11.6 Å². The summed E-state index contributed by atoms with van der Waals surface area (Å²) in [5.74, 6) is -0.711. The maximum atomic E-state index is 12.2. The van der Waals surface area contributed by atoms with Crippen LogP contribution in [0, 0.1) is 0 Å². The molecule has 0 saturated carbocycles. The summed E-state index contributed by atoms with van der Waals surface area (Å²) in [6.45, 7) is -0.407. The molecular formula is C16H14ClNO4. The molecule has 0 aromatic heterocycles. The maximum Gasteiger partial charge on any atom is 0.322 e. The highest BCUT2D eigenvalue weighted by Crippen LogP contribution is 2.18. The van der Waals surface area contributed by atoms with Crippen LogP contribution in [0.2, 0.25) is 5.02 Å². The molecule has 0 heterocycles. The van der Waals surface area contributed by atoms with Gasteiger partial charge in [0.2, 0.25) is 5.78 Å². The molecule has 2 aromatic carbocycles. The fourth-order valence-corrected chi connectivity index (χ4v) is 1.93. The van der Waals surface area contributed by atoms with Crippen LogP contribution in [0.3, 0.4) is 0 Å². The minimum atomic E-state index is -1.00. The summed E-state index contributed by atoms with van der Waals surface area (Å²) in [5.41, 5.74) is 0.854. The van der Waals surface area contributed by atoms with E-state index in [1.165, 1.54) is 0 Å². The molecule has 0 saturated heterocycles. The molecule has 22 heavy (non-hydrogen) atoms. The number of aliphatic carboxylic acids is 1. The Morgan fingerprint density at radius 3 is 2.45 bits per heavy atom. The number of rotatable bonds is 7. The summed E-state index contributed by atoms with van der Waals surface area (Å²) in [5, 5.41) is 12.0. The Kier molecular flexibility index (Phi) is 5.38. The van der Waals surface area contributed by atoms with Crippen LogP contribution in [-0.4, -0.2) is 30.0 Å². The fourth-order valence-electron chi connectivity index (χ4n) is 1.81. The first kappa shape index (κ1) is 15.9. The molecule has 0 aliphatic rings. The largest absolute Gasteiger partial charge is 0.485 e. The maximum absolute atomic E-state index is 12.2. The van der Waals surface area contributed by atoms with Crippen molar-refractivity contribution in [2.75, 3.05) is 18.5 Å². The number of para-hydroxylation sites is 1. The zero-order valence-electron chi connectivity index (χ0n) is 11.6. The van der Waals surface area contributed by atoms with Crippen molar-refractivity contribution in [2.45, 2.75) is 0 Å². The van der Waals surface area contributed by atoms with Crippen LogP contribution < -0.4 is 10.1 Å². The zero-order valence-corrected chi connectivity index (χ0v) is 12.3. The highest BCUT2D eigenvalue weighted by molar-refractivity contribution is 6.30. The molecule has 0 radical (unpaired) electrons. The summed E-state index contributed by atoms with van der Waals surface area (Å²) in [6, 6.07) is 13.4. The second-order valence-corrected chi connectivity index (χ2v) is 4.90. The number of benzene rings is 2. The summed E-state index contributed by atoms with van der Waals surface area (Å²) in [6.07, 6.45) is 0. The van der Waals surface area contributed by atoms with Crippen LogP contribution in [0.15, 0.2) is 48.5 Å². The molecule has 0 bridgehead atoms. The van der Waals surface area contributed by atoms with Gasteiger partial charge in [0, 0.05) is 16.3 Å². The monoisotopic (exact) mass is 319 g/mol. The van der Waals surface area contributed by atoms with Crippen molar-refractivity contribution in [1.29, 1.82) is 0 Å². The smallest absolute Gasteiger partial charge is 0.322 e. The van der Waals surface area contributed by atoms with Crippen LogP contribution in [0.1, 0.15) is 10.4 Å². The van der Waals surface area contributed by atoms with Gasteiger partial charge in [-0.05, 0) is 36.4 Å². The first-order valence-corrected chi connectivity index (χ1v) is 6.90. The summed E-state index contributed by atoms with van der Waals surface area (Å²) in [7, 11) is 0. The lowest BCUT2D eigenvalue weighted by atomic mass is 10.1. The number of hydrogen-bond donors (Lipinski definition) is 2. The number of hydrogen-bond acceptors (Lipinski definition) is 4. The number of Topliss-reactive ketones (excluding diaryl/α,β-unsaturated/α-hetero) is 1. The predicted octanol–water partition coefficient (Wildman–Crippen LogP) is 3.10. The molecule has 0 aliphatic heterocycles. The van der Waals surface area contributed by atoms with Crippen molar-refractivity contribution < 1.29 is 19.4 Å². The Balaban J connectivity index is 2.02. The Morgan fingerprint density at radius 1 is 1.09 bits per heavy atom. The topological polar surface area (TPSA) is 75.6 Å². The number of anilines is 1. The van der Waals surface area contributed by atoms with Gasteiger partial charge in [0.05, 0.1) is 0 Å². The third-order valence-electron chi connectivity index (χ3n) is 2.84. The number of halogens is 1. The van der Waals surface area contributed by atoms with Crippen LogP contribution in [0.5, 0.6) is 5.75 Å². The zero-order chi connectivity index (χ0) is 15.9. The van der Waals surface area contributed by atoms with Crippen molar-refractivity contribution in [1.82, 2.24) is 0 Å². The van der Waals surface area contributed by atoms with E-state index in [9.17, 15) is 9.59 Å². The Labute approximate surface area is 132 Å². The van der Waals surface area contributed by atoms with Crippen molar-refractivity contribution in [3.05, 3.63) is 59.1 Å². The second-order valence-electron chi connectivity index (χ2n) is 4.46. The molecule has 2 rings (SSSR count). The average molecular weight is 320 g/mol. The van der Waals surface area contributed by atoms with Gasteiger partial charge in [-0.3, -0.25) is 9.59 Å². The lowest BCUT2D eigenvalue weighted by molar-refractivity contribution is -0.134. The standard InChI is InChI=1S/C16H14ClNO4/c17-11-5-7-12(8-6-11)22-10-15(19)13-3-1-2-4-14(13)18-9-16(20)21/h1-8,18H,9-10H2,(H,20,21). The lowest BCUT2D eigenvalue weighted by Gasteiger charge is -2.10. The third-order valence-corrected chi connectivity index (χ3v) is 3.09. The van der Waals surface area contributed by atoms with Crippen LogP contribution in [0.25, 0.3) is 0 Å². The lowest BCUT2D eigenvalue weighted by Crippen LogP contribution is -2.17. The van der Waals surface area contributed by atoms with E-state index in [0.717, 1.165) is 0 Å². The number of carbonyl (C=O) groups excluding carboxylic acids is 1. The van der Waals surface area contributed by atoms with Crippen molar-refractivity contribution in [3.8, 4) is 5.75 Å². The minimum Gasteiger partial charge on any atom is -0.485 e. The Bertz CT molecular complexity index is 670. The number of carboxylic acid groups (broad SMARTS) is 1. The van der Waals surface area contributed by atoms with E-state index in [0.29, 0.717) is 22.0 Å². The molecule has 0 atom stereocenters. The number of ether oxygens (including phenoxy) is 1. The molecule has 0 aliphatic carbocycles. The molecule has 0 amide bonds. The number of carboxylic acids is 1. The van der Waals surface area contributed by atoms with Gasteiger partial charge in [-0.25, -0.2) is 0 Å². The van der Waals surface area contributed by atoms with E-state index in [1.807, 2.05) is 0 Å². The fraction of sp³-hybridized carbons (Fsp3) is 0.125. The second kappa shape index (κ2) is 7.47. The molecule has 5 nitrogen and oxygen atoms in total. The van der Waals surface area contributed by atoms with E-state index in [2.05, 4.69) is 5.32 Å². The van der Waals surface area contributed by atoms with E-state index in [4.69, 9.17) is 21.4 Å². The highest BCUT2D eigenvalue weighted by Gasteiger charge is 2.12. The van der Waals surface area contributed by atoms with Gasteiger partial charge in [0.1, 0.15) is 12.3 Å². The Hall–Kier alpha value is -2.53. The van der Waals surface area contributed by atoms with Gasteiger partial charge in [-0.15, -0.1) is 0 Å². The van der Waals surface area contributed by atoms with Crippen molar-refractivity contribution >= 4 is 29.0 Å². The first-order chi connectivity index (χ1) is 10.6. The summed E-state index contributed by atoms with van der Waals surface area (Å²) >= 11 is 5.77. The quantitative estimate of drug-likeness (QED) is 0.767. The third kappa shape index (κ3) is 4.49. The van der Waals surface area contributed by atoms with Gasteiger partial charge >= 0.3 is 5.97 Å². The molecule has 0 fully saturated rings. The first-order valence-electron chi connectivity index (χ1n) is 6.52. The summed E-state index contributed by atoms with van der Waals surface area (Å²) < 4.78 is 5.41. The van der Waals surface area contributed by atoms with Gasteiger partial charge in [0.15, 0.2) is 6.61 Å². The number of carbonyl (C=O) groups is 2. The molecule has 0 spiro atoms. The van der Waals surface area contributed by atoms with Gasteiger partial charge in [-0.1, -0.05) is 23.7 Å². The average Bonchev–Trinajstić information content (AvgIpc) is 2.52. The normalized spacial score (nSPS) is 10.0. The molecule has 2 N–H and O–H groups in total. The SMILES string of the molecule is O=C(O)CNc1ccccc1C(=O)COc1ccc(Cl)cc1. The predicted molar refractivity (Wildman–Crippen MR) is 83.8 cm³/mol. The molecule has 0 unspecified atom stereocenters. The number of ketones is 1. The van der Waals surface area contributed by atoms with E-state index < -0.39 is 5.97 Å². The minimum absolute atomic E-state index is 0.145. The van der Waals surface area contributed by atoms with E-state index >= 15 is 0 Å². The summed E-state index contributed by atoms with van der Waals surface area (Å²) in [4.78, 5) is 22.8. The van der Waals surface area contributed by atoms with E-state index in [1.54, 1.807) is 48.5 Å². The van der Waals surface area contributed by atoms with Crippen molar-refractivity contribution in [2.24, 2.45) is 0 Å². The van der Waals surface area contributed by atoms with Crippen LogP contribution in [-0.2, 0) is 4.79 Å². The molecular weight excluding hydrogens is 306 g/mol. The Morgan fingerprint density at radius 2 is 1.77 bits per heavy atom. The number of nitrogens with one attached hydrogen (secondary N) is 1. The van der Waals surface area contributed by atoms with Gasteiger partial charge in [0.25, 0.3) is 0 Å². The molecule has 2 aromatic rings. The van der Waals surface area contributed by atoms with Crippen molar-refractivity contribution in [3.63, 3.8) is 0 Å².